The molecule has 0 spiro atoms. The molecule has 9 heteroatoms. The highest BCUT2D eigenvalue weighted by molar-refractivity contribution is 7.89. The molecule has 0 fully saturated rings. The standard InChI is InChI=1S/C22H25N3O4S2/c1-4-16-7-12-19-20(14-16)30-22(23-19)24-21(27)6-5-13-25(3)31(28,29)18-10-8-17(9-11-18)15(2)26/h7-12,14H,4-6,13H2,1-3H3,(H,23,24,27). The molecule has 0 aliphatic heterocycles. The number of hydrogen-bond acceptors (Lipinski definition) is 6. The van der Waals surface area contributed by atoms with Crippen LogP contribution in [-0.4, -0.2) is 43.0 Å². The molecule has 3 aromatic rings. The first kappa shape index (κ1) is 23.1. The number of aryl methyl sites for hydroxylation is 1. The lowest BCUT2D eigenvalue weighted by Gasteiger charge is -2.17. The van der Waals surface area contributed by atoms with Crippen molar-refractivity contribution in [2.45, 2.75) is 38.0 Å². The van der Waals surface area contributed by atoms with Gasteiger partial charge in [0, 0.05) is 25.6 Å². The van der Waals surface area contributed by atoms with Crippen LogP contribution in [0.15, 0.2) is 47.4 Å². The number of sulfonamides is 1. The molecular formula is C22H25N3O4S2. The van der Waals surface area contributed by atoms with Crippen LogP contribution in [0.4, 0.5) is 5.13 Å². The summed E-state index contributed by atoms with van der Waals surface area (Å²) in [6.45, 7) is 3.71. The third-order valence-corrected chi connectivity index (χ3v) is 7.76. The van der Waals surface area contributed by atoms with Crippen molar-refractivity contribution in [1.82, 2.24) is 9.29 Å². The van der Waals surface area contributed by atoms with Crippen LogP contribution >= 0.6 is 11.3 Å². The summed E-state index contributed by atoms with van der Waals surface area (Å²) in [5.74, 6) is -0.325. The maximum atomic E-state index is 12.7. The predicted molar refractivity (Wildman–Crippen MR) is 123 cm³/mol. The molecule has 164 valence electrons. The second-order valence-electron chi connectivity index (χ2n) is 7.23. The Morgan fingerprint density at radius 3 is 2.48 bits per heavy atom. The van der Waals surface area contributed by atoms with Crippen molar-refractivity contribution in [1.29, 1.82) is 0 Å². The molecule has 0 saturated carbocycles. The molecule has 1 N–H and O–H groups in total. The van der Waals surface area contributed by atoms with E-state index in [1.54, 1.807) is 0 Å². The number of aromatic nitrogens is 1. The van der Waals surface area contributed by atoms with Crippen molar-refractivity contribution in [2.75, 3.05) is 18.9 Å². The van der Waals surface area contributed by atoms with E-state index in [0.717, 1.165) is 16.6 Å². The zero-order chi connectivity index (χ0) is 22.6. The number of benzene rings is 2. The second kappa shape index (κ2) is 9.67. The van der Waals surface area contributed by atoms with Crippen LogP contribution in [0.5, 0.6) is 0 Å². The van der Waals surface area contributed by atoms with Crippen LogP contribution in [0.2, 0.25) is 0 Å². The molecule has 0 unspecified atom stereocenters. The van der Waals surface area contributed by atoms with Crippen LogP contribution < -0.4 is 5.32 Å². The van der Waals surface area contributed by atoms with Crippen LogP contribution in [-0.2, 0) is 21.2 Å². The first-order chi connectivity index (χ1) is 14.7. The van der Waals surface area contributed by atoms with E-state index >= 15 is 0 Å². The van der Waals surface area contributed by atoms with Gasteiger partial charge in [0.05, 0.1) is 15.1 Å². The van der Waals surface area contributed by atoms with Gasteiger partial charge in [-0.25, -0.2) is 17.7 Å². The topological polar surface area (TPSA) is 96.4 Å². The van der Waals surface area contributed by atoms with Crippen molar-refractivity contribution in [3.05, 3.63) is 53.6 Å². The SMILES string of the molecule is CCc1ccc2nc(NC(=O)CCCN(C)S(=O)(=O)c3ccc(C(C)=O)cc3)sc2c1. The molecule has 1 amide bonds. The minimum absolute atomic E-state index is 0.116. The number of carbonyl (C=O) groups is 2. The van der Waals surface area contributed by atoms with Crippen molar-refractivity contribution >= 4 is 48.4 Å². The molecule has 31 heavy (non-hydrogen) atoms. The molecule has 3 rings (SSSR count). The maximum absolute atomic E-state index is 12.7. The van der Waals surface area contributed by atoms with Crippen molar-refractivity contribution < 1.29 is 18.0 Å². The average molecular weight is 460 g/mol. The van der Waals surface area contributed by atoms with Gasteiger partial charge in [0.25, 0.3) is 0 Å². The Kier molecular flexibility index (Phi) is 7.19. The smallest absolute Gasteiger partial charge is 0.242 e. The number of nitrogens with zero attached hydrogens (tertiary/aromatic N) is 2. The third-order valence-electron chi connectivity index (χ3n) is 4.95. The van der Waals surface area contributed by atoms with E-state index in [1.807, 2.05) is 12.1 Å². The fourth-order valence-electron chi connectivity index (χ4n) is 3.05. The molecule has 7 nitrogen and oxygen atoms in total. The normalized spacial score (nSPS) is 11.7. The molecule has 0 saturated heterocycles. The fourth-order valence-corrected chi connectivity index (χ4v) is 5.20. The van der Waals surface area contributed by atoms with Crippen LogP contribution in [0.1, 0.15) is 42.6 Å². The Morgan fingerprint density at radius 2 is 1.84 bits per heavy atom. The fraction of sp³-hybridized carbons (Fsp3) is 0.318. The Morgan fingerprint density at radius 1 is 1.13 bits per heavy atom. The summed E-state index contributed by atoms with van der Waals surface area (Å²) in [6.07, 6.45) is 1.49. The third kappa shape index (κ3) is 5.55. The minimum atomic E-state index is -3.68. The summed E-state index contributed by atoms with van der Waals surface area (Å²) in [5.41, 5.74) is 2.52. The van der Waals surface area contributed by atoms with E-state index in [2.05, 4.69) is 23.3 Å². The summed E-state index contributed by atoms with van der Waals surface area (Å²) in [4.78, 5) is 28.2. The van der Waals surface area contributed by atoms with Gasteiger partial charge in [-0.1, -0.05) is 36.5 Å². The van der Waals surface area contributed by atoms with Gasteiger partial charge in [0.15, 0.2) is 10.9 Å². The number of thiazole rings is 1. The molecule has 0 atom stereocenters. The largest absolute Gasteiger partial charge is 0.302 e. The summed E-state index contributed by atoms with van der Waals surface area (Å²) >= 11 is 1.43. The number of nitrogens with one attached hydrogen (secondary N) is 1. The lowest BCUT2D eigenvalue weighted by atomic mass is 10.2. The quantitative estimate of drug-likeness (QED) is 0.486. The van der Waals surface area contributed by atoms with E-state index in [0.29, 0.717) is 17.1 Å². The van der Waals surface area contributed by atoms with Gasteiger partial charge in [-0.15, -0.1) is 0 Å². The van der Waals surface area contributed by atoms with Gasteiger partial charge in [-0.05, 0) is 49.6 Å². The van der Waals surface area contributed by atoms with Gasteiger partial charge in [0.1, 0.15) is 0 Å². The number of anilines is 1. The Hall–Kier alpha value is -2.62. The lowest BCUT2D eigenvalue weighted by molar-refractivity contribution is -0.116. The molecule has 0 aliphatic rings. The molecule has 0 aliphatic carbocycles. The van der Waals surface area contributed by atoms with E-state index < -0.39 is 10.0 Å². The highest BCUT2D eigenvalue weighted by Gasteiger charge is 2.21. The lowest BCUT2D eigenvalue weighted by Crippen LogP contribution is -2.28. The molecule has 0 radical (unpaired) electrons. The summed E-state index contributed by atoms with van der Waals surface area (Å²) < 4.78 is 27.6. The maximum Gasteiger partial charge on any atom is 0.242 e. The predicted octanol–water partition coefficient (Wildman–Crippen LogP) is 4.10. The molecule has 0 bridgehead atoms. The Balaban J connectivity index is 1.54. The number of hydrogen-bond donors (Lipinski definition) is 1. The monoisotopic (exact) mass is 459 g/mol. The van der Waals surface area contributed by atoms with E-state index in [4.69, 9.17) is 0 Å². The van der Waals surface area contributed by atoms with Gasteiger partial charge in [-0.2, -0.15) is 0 Å². The molecule has 2 aromatic carbocycles. The highest BCUT2D eigenvalue weighted by atomic mass is 32.2. The van der Waals surface area contributed by atoms with Gasteiger partial charge < -0.3 is 5.32 Å². The number of ketones is 1. The van der Waals surface area contributed by atoms with Gasteiger partial charge in [-0.3, -0.25) is 9.59 Å². The van der Waals surface area contributed by atoms with Crippen LogP contribution in [0.25, 0.3) is 10.2 Å². The van der Waals surface area contributed by atoms with Crippen molar-refractivity contribution in [2.24, 2.45) is 0 Å². The Labute approximate surface area is 186 Å². The number of rotatable bonds is 9. The number of fused-ring (bicyclic) bond motifs is 1. The zero-order valence-corrected chi connectivity index (χ0v) is 19.3. The molecule has 1 heterocycles. The van der Waals surface area contributed by atoms with E-state index in [-0.39, 0.29) is 29.6 Å². The van der Waals surface area contributed by atoms with Crippen molar-refractivity contribution in [3.8, 4) is 0 Å². The van der Waals surface area contributed by atoms with Crippen LogP contribution in [0, 0.1) is 0 Å². The van der Waals surface area contributed by atoms with Crippen molar-refractivity contribution in [3.63, 3.8) is 0 Å². The summed E-state index contributed by atoms with van der Waals surface area (Å²) in [6, 6.07) is 11.9. The molecular weight excluding hydrogens is 434 g/mol. The van der Waals surface area contributed by atoms with Gasteiger partial charge in [0.2, 0.25) is 15.9 Å². The number of Topliss-reactive ketones (excluding diaryl/α,β-unsaturated/α-hetero) is 1. The summed E-state index contributed by atoms with van der Waals surface area (Å²) in [7, 11) is -2.21. The minimum Gasteiger partial charge on any atom is -0.302 e. The van der Waals surface area contributed by atoms with Gasteiger partial charge >= 0.3 is 0 Å². The van der Waals surface area contributed by atoms with E-state index in [1.165, 1.54) is 59.4 Å². The zero-order valence-electron chi connectivity index (χ0n) is 17.7. The first-order valence-corrected chi connectivity index (χ1v) is 12.2. The Bertz CT molecular complexity index is 1200. The first-order valence-electron chi connectivity index (χ1n) is 9.97. The molecule has 1 aromatic heterocycles. The number of carbonyl (C=O) groups excluding carboxylic acids is 2. The number of amides is 1. The highest BCUT2D eigenvalue weighted by Crippen LogP contribution is 2.27. The van der Waals surface area contributed by atoms with E-state index in [9.17, 15) is 18.0 Å². The average Bonchev–Trinajstić information content (AvgIpc) is 3.14. The van der Waals surface area contributed by atoms with Crippen LogP contribution in [0.3, 0.4) is 0 Å². The summed E-state index contributed by atoms with van der Waals surface area (Å²) in [5, 5.41) is 3.34. The second-order valence-corrected chi connectivity index (χ2v) is 10.3.